The van der Waals surface area contributed by atoms with Gasteiger partial charge in [-0.15, -0.1) is 0 Å². The molecule has 112 valence electrons. The molecule has 2 aliphatic rings. The molecule has 19 heavy (non-hydrogen) atoms. The zero-order valence-electron chi connectivity index (χ0n) is 12.7. The van der Waals surface area contributed by atoms with Crippen LogP contribution in [0.1, 0.15) is 39.0 Å². The van der Waals surface area contributed by atoms with Gasteiger partial charge in [-0.25, -0.2) is 0 Å². The van der Waals surface area contributed by atoms with E-state index in [1.54, 1.807) is 7.11 Å². The van der Waals surface area contributed by atoms with E-state index in [2.05, 4.69) is 16.7 Å². The Morgan fingerprint density at radius 2 is 1.79 bits per heavy atom. The van der Waals surface area contributed by atoms with Crippen molar-refractivity contribution in [1.29, 1.82) is 0 Å². The fraction of sp³-hybridized carbons (Fsp3) is 1.00. The van der Waals surface area contributed by atoms with Crippen LogP contribution in [-0.2, 0) is 4.74 Å². The summed E-state index contributed by atoms with van der Waals surface area (Å²) in [6, 6.07) is 0.866. The van der Waals surface area contributed by atoms with E-state index in [0.717, 1.165) is 38.7 Å². The molecular formula is C15H31N3O. The Balaban J connectivity index is 1.83. The Bertz CT molecular complexity index is 260. The molecular weight excluding hydrogens is 238 g/mol. The summed E-state index contributed by atoms with van der Waals surface area (Å²) in [6.07, 6.45) is 6.72. The molecule has 1 saturated heterocycles. The molecule has 0 bridgehead atoms. The maximum atomic E-state index is 6.02. The van der Waals surface area contributed by atoms with E-state index in [1.807, 2.05) is 0 Å². The van der Waals surface area contributed by atoms with Crippen LogP contribution >= 0.6 is 0 Å². The van der Waals surface area contributed by atoms with Gasteiger partial charge in [0.1, 0.15) is 0 Å². The molecule has 1 heterocycles. The number of nitrogens with zero attached hydrogens (tertiary/aromatic N) is 2. The number of hydrogen-bond acceptors (Lipinski definition) is 4. The minimum absolute atomic E-state index is 0.109. The third-order valence-corrected chi connectivity index (χ3v) is 5.20. The van der Waals surface area contributed by atoms with Crippen molar-refractivity contribution in [3.05, 3.63) is 0 Å². The Morgan fingerprint density at radius 1 is 1.16 bits per heavy atom. The van der Waals surface area contributed by atoms with Crippen molar-refractivity contribution in [1.82, 2.24) is 9.80 Å². The highest BCUT2D eigenvalue weighted by Crippen LogP contribution is 2.26. The number of methoxy groups -OCH3 is 1. The molecule has 4 nitrogen and oxygen atoms in total. The van der Waals surface area contributed by atoms with Gasteiger partial charge in [-0.05, 0) is 26.2 Å². The van der Waals surface area contributed by atoms with E-state index in [9.17, 15) is 0 Å². The predicted octanol–water partition coefficient (Wildman–Crippen LogP) is 1.30. The molecule has 2 N–H and O–H groups in total. The Hall–Kier alpha value is -0.160. The molecule has 1 aliphatic carbocycles. The van der Waals surface area contributed by atoms with E-state index >= 15 is 0 Å². The van der Waals surface area contributed by atoms with Crippen LogP contribution in [0.15, 0.2) is 0 Å². The minimum atomic E-state index is 0.109. The number of nitrogens with two attached hydrogens (primary N) is 1. The largest absolute Gasteiger partial charge is 0.385 e. The summed E-state index contributed by atoms with van der Waals surface area (Å²) in [5.41, 5.74) is 6.13. The molecule has 0 aromatic heterocycles. The van der Waals surface area contributed by atoms with Crippen molar-refractivity contribution in [3.8, 4) is 0 Å². The molecule has 4 heteroatoms. The molecule has 1 atom stereocenters. The van der Waals surface area contributed by atoms with E-state index in [0.29, 0.717) is 0 Å². The van der Waals surface area contributed by atoms with E-state index < -0.39 is 0 Å². The topological polar surface area (TPSA) is 41.7 Å². The second-order valence-corrected chi connectivity index (χ2v) is 6.41. The first kappa shape index (κ1) is 15.2. The van der Waals surface area contributed by atoms with Crippen molar-refractivity contribution in [2.45, 2.75) is 50.6 Å². The third-order valence-electron chi connectivity index (χ3n) is 5.20. The Kier molecular flexibility index (Phi) is 5.63. The molecule has 0 amide bonds. The van der Waals surface area contributed by atoms with Gasteiger partial charge in [0.2, 0.25) is 0 Å². The molecule has 0 radical (unpaired) electrons. The van der Waals surface area contributed by atoms with Crippen LogP contribution in [0.2, 0.25) is 0 Å². The van der Waals surface area contributed by atoms with Crippen LogP contribution < -0.4 is 5.73 Å². The average Bonchev–Trinajstić information content (AvgIpc) is 2.99. The highest BCUT2D eigenvalue weighted by atomic mass is 16.5. The second-order valence-electron chi connectivity index (χ2n) is 6.41. The van der Waals surface area contributed by atoms with Gasteiger partial charge in [0.15, 0.2) is 0 Å². The lowest BCUT2D eigenvalue weighted by atomic mass is 9.94. The number of rotatable bonds is 6. The average molecular weight is 269 g/mol. The summed E-state index contributed by atoms with van der Waals surface area (Å²) in [5, 5.41) is 0. The summed E-state index contributed by atoms with van der Waals surface area (Å²) in [6.45, 7) is 8.57. The summed E-state index contributed by atoms with van der Waals surface area (Å²) < 4.78 is 5.24. The number of piperazine rings is 1. The van der Waals surface area contributed by atoms with Gasteiger partial charge < -0.3 is 10.5 Å². The van der Waals surface area contributed by atoms with Crippen LogP contribution in [0.3, 0.4) is 0 Å². The van der Waals surface area contributed by atoms with Crippen LogP contribution in [-0.4, -0.2) is 67.8 Å². The minimum Gasteiger partial charge on any atom is -0.385 e. The van der Waals surface area contributed by atoms with Gasteiger partial charge in [-0.2, -0.15) is 0 Å². The third kappa shape index (κ3) is 3.69. The number of ether oxygens (including phenoxy) is 1. The normalized spacial score (nSPS) is 26.7. The molecule has 0 aromatic carbocycles. The first-order chi connectivity index (χ1) is 9.19. The number of hydrogen-bond donors (Lipinski definition) is 1. The standard InChI is InChI=1S/C15H31N3O/c1-15(13-16,7-12-19-2)18-10-8-17(9-11-18)14-5-3-4-6-14/h14H,3-13,16H2,1-2H3. The first-order valence-electron chi connectivity index (χ1n) is 7.88. The van der Waals surface area contributed by atoms with Crippen LogP contribution in [0, 0.1) is 0 Å². The Morgan fingerprint density at radius 3 is 2.32 bits per heavy atom. The molecule has 2 rings (SSSR count). The van der Waals surface area contributed by atoms with Crippen molar-refractivity contribution in [2.24, 2.45) is 5.73 Å². The van der Waals surface area contributed by atoms with Gasteiger partial charge in [-0.1, -0.05) is 12.8 Å². The smallest absolute Gasteiger partial charge is 0.0480 e. The van der Waals surface area contributed by atoms with Crippen molar-refractivity contribution in [2.75, 3.05) is 46.4 Å². The van der Waals surface area contributed by atoms with Crippen molar-refractivity contribution in [3.63, 3.8) is 0 Å². The quantitative estimate of drug-likeness (QED) is 0.789. The van der Waals surface area contributed by atoms with Gasteiger partial charge in [0, 0.05) is 58.0 Å². The zero-order chi connectivity index (χ0) is 13.7. The lowest BCUT2D eigenvalue weighted by Gasteiger charge is -2.46. The second kappa shape index (κ2) is 7.02. The van der Waals surface area contributed by atoms with Gasteiger partial charge >= 0.3 is 0 Å². The maximum absolute atomic E-state index is 6.02. The summed E-state index contributed by atoms with van der Waals surface area (Å²) >= 11 is 0. The highest BCUT2D eigenvalue weighted by molar-refractivity contribution is 4.92. The Labute approximate surface area is 118 Å². The monoisotopic (exact) mass is 269 g/mol. The predicted molar refractivity (Wildman–Crippen MR) is 79.4 cm³/mol. The van der Waals surface area contributed by atoms with Crippen LogP contribution in [0.5, 0.6) is 0 Å². The molecule has 0 aromatic rings. The van der Waals surface area contributed by atoms with Crippen molar-refractivity contribution >= 4 is 0 Å². The van der Waals surface area contributed by atoms with E-state index in [1.165, 1.54) is 38.8 Å². The van der Waals surface area contributed by atoms with Gasteiger partial charge in [0.25, 0.3) is 0 Å². The molecule has 1 aliphatic heterocycles. The summed E-state index contributed by atoms with van der Waals surface area (Å²) in [4.78, 5) is 5.29. The van der Waals surface area contributed by atoms with Gasteiger partial charge in [0.05, 0.1) is 0 Å². The summed E-state index contributed by atoms with van der Waals surface area (Å²) in [5.74, 6) is 0. The zero-order valence-corrected chi connectivity index (χ0v) is 12.7. The molecule has 0 spiro atoms. The molecule has 1 unspecified atom stereocenters. The van der Waals surface area contributed by atoms with Gasteiger partial charge in [-0.3, -0.25) is 9.80 Å². The maximum Gasteiger partial charge on any atom is 0.0480 e. The van der Waals surface area contributed by atoms with Crippen LogP contribution in [0.25, 0.3) is 0 Å². The lowest BCUT2D eigenvalue weighted by molar-refractivity contribution is 0.0140. The van der Waals surface area contributed by atoms with Crippen LogP contribution in [0.4, 0.5) is 0 Å². The molecule has 2 fully saturated rings. The molecule has 1 saturated carbocycles. The fourth-order valence-electron chi connectivity index (χ4n) is 3.61. The van der Waals surface area contributed by atoms with E-state index in [-0.39, 0.29) is 5.54 Å². The van der Waals surface area contributed by atoms with Crippen molar-refractivity contribution < 1.29 is 4.74 Å². The summed E-state index contributed by atoms with van der Waals surface area (Å²) in [7, 11) is 1.77. The lowest BCUT2D eigenvalue weighted by Crippen LogP contribution is -2.60. The SMILES string of the molecule is COCCC(C)(CN)N1CCN(C2CCCC2)CC1. The highest BCUT2D eigenvalue weighted by Gasteiger charge is 2.34. The first-order valence-corrected chi connectivity index (χ1v) is 7.88. The fourth-order valence-corrected chi connectivity index (χ4v) is 3.61. The van der Waals surface area contributed by atoms with E-state index in [4.69, 9.17) is 10.5 Å².